The van der Waals surface area contributed by atoms with Gasteiger partial charge in [-0.05, 0) is 36.5 Å². The molecule has 1 aliphatic heterocycles. The third-order valence-electron chi connectivity index (χ3n) is 5.79. The average molecular weight is 362 g/mol. The number of carbonyl (C=O) groups excluding carboxylic acids is 1. The second-order valence-corrected chi connectivity index (χ2v) is 7.78. The number of aromatic nitrogens is 1. The van der Waals surface area contributed by atoms with Gasteiger partial charge >= 0.3 is 0 Å². The Labute approximate surface area is 159 Å². The largest absolute Gasteiger partial charge is 0.396 e. The van der Waals surface area contributed by atoms with E-state index >= 15 is 0 Å². The molecule has 1 aliphatic rings. The van der Waals surface area contributed by atoms with Crippen LogP contribution in [-0.2, 0) is 17.6 Å². The molecule has 0 spiro atoms. The number of hydrogen-bond donors (Lipinski definition) is 2. The van der Waals surface area contributed by atoms with Crippen molar-refractivity contribution in [2.24, 2.45) is 5.41 Å². The van der Waals surface area contributed by atoms with Gasteiger partial charge in [0.15, 0.2) is 0 Å². The Bertz CT molecular complexity index is 918. The van der Waals surface area contributed by atoms with E-state index in [4.69, 9.17) is 0 Å². The lowest BCUT2D eigenvalue weighted by Crippen LogP contribution is -2.49. The van der Waals surface area contributed by atoms with Crippen LogP contribution in [0.15, 0.2) is 60.8 Å². The van der Waals surface area contributed by atoms with Gasteiger partial charge in [0.1, 0.15) is 0 Å². The number of hydrogen-bond acceptors (Lipinski definition) is 2. The van der Waals surface area contributed by atoms with Crippen molar-refractivity contribution < 1.29 is 9.90 Å². The van der Waals surface area contributed by atoms with E-state index in [1.807, 2.05) is 47.5 Å². The number of nitrogens with zero attached hydrogens (tertiary/aromatic N) is 1. The van der Waals surface area contributed by atoms with Gasteiger partial charge in [-0.2, -0.15) is 0 Å². The lowest BCUT2D eigenvalue weighted by molar-refractivity contribution is -0.134. The van der Waals surface area contributed by atoms with Crippen LogP contribution in [0, 0.1) is 5.41 Å². The molecule has 27 heavy (non-hydrogen) atoms. The molecule has 2 heterocycles. The van der Waals surface area contributed by atoms with Crippen LogP contribution < -0.4 is 0 Å². The number of para-hydroxylation sites is 1. The normalized spacial score (nSPS) is 20.1. The fraction of sp³-hybridized carbons (Fsp3) is 0.348. The van der Waals surface area contributed by atoms with Gasteiger partial charge in [0, 0.05) is 35.6 Å². The van der Waals surface area contributed by atoms with E-state index in [0.717, 1.165) is 42.3 Å². The van der Waals surface area contributed by atoms with Crippen molar-refractivity contribution in [2.75, 3.05) is 19.7 Å². The Morgan fingerprint density at radius 2 is 1.89 bits per heavy atom. The number of piperidine rings is 1. The van der Waals surface area contributed by atoms with E-state index in [0.29, 0.717) is 13.0 Å². The summed E-state index contributed by atoms with van der Waals surface area (Å²) in [5.41, 5.74) is 3.08. The molecule has 1 saturated heterocycles. The molecule has 4 heteroatoms. The van der Waals surface area contributed by atoms with Crippen molar-refractivity contribution in [1.29, 1.82) is 0 Å². The summed E-state index contributed by atoms with van der Waals surface area (Å²) in [5, 5.41) is 11.3. The predicted molar refractivity (Wildman–Crippen MR) is 107 cm³/mol. The van der Waals surface area contributed by atoms with Crippen LogP contribution in [0.2, 0.25) is 0 Å². The lowest BCUT2D eigenvalue weighted by atomic mass is 9.75. The fourth-order valence-electron chi connectivity index (χ4n) is 4.33. The SMILES string of the molecule is O=C(Cc1c[nH]c2ccccc12)N1CCC[C@@](CO)(Cc2ccccc2)C1. The van der Waals surface area contributed by atoms with Gasteiger partial charge < -0.3 is 15.0 Å². The van der Waals surface area contributed by atoms with E-state index in [2.05, 4.69) is 23.2 Å². The summed E-state index contributed by atoms with van der Waals surface area (Å²) in [4.78, 5) is 18.2. The van der Waals surface area contributed by atoms with Gasteiger partial charge in [-0.15, -0.1) is 0 Å². The number of likely N-dealkylation sites (tertiary alicyclic amines) is 1. The Kier molecular flexibility index (Phi) is 4.99. The molecule has 2 aromatic carbocycles. The Hall–Kier alpha value is -2.59. The molecule has 3 aromatic rings. The molecular weight excluding hydrogens is 336 g/mol. The first-order chi connectivity index (χ1) is 13.2. The first kappa shape index (κ1) is 17.8. The van der Waals surface area contributed by atoms with Crippen LogP contribution >= 0.6 is 0 Å². The van der Waals surface area contributed by atoms with Gasteiger partial charge in [0.25, 0.3) is 0 Å². The zero-order chi connectivity index (χ0) is 18.7. The molecule has 1 fully saturated rings. The summed E-state index contributed by atoms with van der Waals surface area (Å²) in [6.07, 6.45) is 5.04. The van der Waals surface area contributed by atoms with Gasteiger partial charge in [0.2, 0.25) is 5.91 Å². The number of rotatable bonds is 5. The summed E-state index contributed by atoms with van der Waals surface area (Å²) in [6.45, 7) is 1.51. The Morgan fingerprint density at radius 3 is 2.70 bits per heavy atom. The Morgan fingerprint density at radius 1 is 1.11 bits per heavy atom. The zero-order valence-electron chi connectivity index (χ0n) is 15.5. The number of H-pyrrole nitrogens is 1. The third-order valence-corrected chi connectivity index (χ3v) is 5.79. The smallest absolute Gasteiger partial charge is 0.227 e. The van der Waals surface area contributed by atoms with Crippen LogP contribution in [0.25, 0.3) is 10.9 Å². The van der Waals surface area contributed by atoms with Crippen molar-refractivity contribution in [2.45, 2.75) is 25.7 Å². The van der Waals surface area contributed by atoms with Gasteiger partial charge in [0.05, 0.1) is 13.0 Å². The molecule has 0 radical (unpaired) electrons. The lowest BCUT2D eigenvalue weighted by Gasteiger charge is -2.42. The predicted octanol–water partition coefficient (Wildman–Crippen LogP) is 3.55. The first-order valence-electron chi connectivity index (χ1n) is 9.67. The van der Waals surface area contributed by atoms with Crippen molar-refractivity contribution >= 4 is 16.8 Å². The highest BCUT2D eigenvalue weighted by atomic mass is 16.3. The molecule has 140 valence electrons. The maximum atomic E-state index is 13.0. The monoisotopic (exact) mass is 362 g/mol. The maximum Gasteiger partial charge on any atom is 0.227 e. The van der Waals surface area contributed by atoms with Crippen molar-refractivity contribution in [3.05, 3.63) is 71.9 Å². The average Bonchev–Trinajstić information content (AvgIpc) is 3.12. The number of amides is 1. The quantitative estimate of drug-likeness (QED) is 0.729. The van der Waals surface area contributed by atoms with Crippen LogP contribution in [0.1, 0.15) is 24.0 Å². The van der Waals surface area contributed by atoms with Crippen LogP contribution in [-0.4, -0.2) is 40.6 Å². The first-order valence-corrected chi connectivity index (χ1v) is 9.67. The summed E-state index contributed by atoms with van der Waals surface area (Å²) in [6, 6.07) is 18.3. The number of carbonyl (C=O) groups is 1. The highest BCUT2D eigenvalue weighted by Crippen LogP contribution is 2.34. The van der Waals surface area contributed by atoms with E-state index in [9.17, 15) is 9.90 Å². The molecule has 2 N–H and O–H groups in total. The summed E-state index contributed by atoms with van der Waals surface area (Å²) in [5.74, 6) is 0.144. The molecule has 4 rings (SSSR count). The fourth-order valence-corrected chi connectivity index (χ4v) is 4.33. The van der Waals surface area contributed by atoms with Gasteiger partial charge in [-0.1, -0.05) is 48.5 Å². The highest BCUT2D eigenvalue weighted by molar-refractivity contribution is 5.88. The highest BCUT2D eigenvalue weighted by Gasteiger charge is 2.36. The number of aromatic amines is 1. The van der Waals surface area contributed by atoms with E-state index in [1.165, 1.54) is 5.56 Å². The molecule has 0 aliphatic carbocycles. The van der Waals surface area contributed by atoms with E-state index < -0.39 is 0 Å². The summed E-state index contributed by atoms with van der Waals surface area (Å²) < 4.78 is 0. The molecule has 0 saturated carbocycles. The summed E-state index contributed by atoms with van der Waals surface area (Å²) >= 11 is 0. The minimum absolute atomic E-state index is 0.110. The topological polar surface area (TPSA) is 56.3 Å². The Balaban J connectivity index is 1.49. The third kappa shape index (κ3) is 3.76. The van der Waals surface area contributed by atoms with Crippen LogP contribution in [0.3, 0.4) is 0 Å². The number of aliphatic hydroxyl groups is 1. The molecule has 1 amide bonds. The second kappa shape index (κ2) is 7.57. The maximum absolute atomic E-state index is 13.0. The molecule has 1 aromatic heterocycles. The minimum atomic E-state index is -0.241. The second-order valence-electron chi connectivity index (χ2n) is 7.78. The van der Waals surface area contributed by atoms with E-state index in [-0.39, 0.29) is 17.9 Å². The van der Waals surface area contributed by atoms with E-state index in [1.54, 1.807) is 0 Å². The van der Waals surface area contributed by atoms with Crippen LogP contribution in [0.5, 0.6) is 0 Å². The molecule has 0 unspecified atom stereocenters. The standard InChI is InChI=1S/C23H26N2O2/c26-17-23(14-18-7-2-1-3-8-18)11-6-12-25(16-23)22(27)13-19-15-24-21-10-5-4-9-20(19)21/h1-5,7-10,15,24,26H,6,11-14,16-17H2/t23-/m1/s1. The number of aliphatic hydroxyl groups excluding tert-OH is 1. The molecule has 0 bridgehead atoms. The van der Waals surface area contributed by atoms with Gasteiger partial charge in [-0.25, -0.2) is 0 Å². The van der Waals surface area contributed by atoms with Crippen molar-refractivity contribution in [3.8, 4) is 0 Å². The number of fused-ring (bicyclic) bond motifs is 1. The minimum Gasteiger partial charge on any atom is -0.396 e. The van der Waals surface area contributed by atoms with Gasteiger partial charge in [-0.3, -0.25) is 4.79 Å². The zero-order valence-corrected chi connectivity index (χ0v) is 15.5. The number of benzene rings is 2. The summed E-state index contributed by atoms with van der Waals surface area (Å²) in [7, 11) is 0. The molecular formula is C23H26N2O2. The van der Waals surface area contributed by atoms with Crippen molar-refractivity contribution in [1.82, 2.24) is 9.88 Å². The van der Waals surface area contributed by atoms with Crippen LogP contribution in [0.4, 0.5) is 0 Å². The number of nitrogens with one attached hydrogen (secondary N) is 1. The van der Waals surface area contributed by atoms with Crippen molar-refractivity contribution in [3.63, 3.8) is 0 Å². The molecule has 4 nitrogen and oxygen atoms in total. The molecule has 1 atom stereocenters.